The van der Waals surface area contributed by atoms with E-state index >= 15 is 0 Å². The third-order valence-corrected chi connectivity index (χ3v) is 2.40. The average Bonchev–Trinajstić information content (AvgIpc) is 2.27. The highest BCUT2D eigenvalue weighted by Crippen LogP contribution is 2.27. The molecule has 4 N–H and O–H groups in total. The largest absolute Gasteiger partial charge is 0.462 e. The van der Waals surface area contributed by atoms with E-state index in [9.17, 15) is 14.2 Å². The zero-order valence-electron chi connectivity index (χ0n) is 9.99. The molecule has 0 saturated carbocycles. The van der Waals surface area contributed by atoms with Crippen molar-refractivity contribution < 1.29 is 28.7 Å². The van der Waals surface area contributed by atoms with E-state index in [1.807, 2.05) is 0 Å². The van der Waals surface area contributed by atoms with Crippen LogP contribution in [0.2, 0.25) is 0 Å². The van der Waals surface area contributed by atoms with Crippen molar-refractivity contribution in [3.63, 3.8) is 0 Å². The number of esters is 1. The molecule has 0 fully saturated rings. The number of benzene rings is 1. The molecule has 8 nitrogen and oxygen atoms in total. The molecule has 9 heteroatoms. The molecule has 19 heavy (non-hydrogen) atoms. The minimum Gasteiger partial charge on any atom is -0.462 e. The lowest BCUT2D eigenvalue weighted by molar-refractivity contribution is 0.0526. The summed E-state index contributed by atoms with van der Waals surface area (Å²) in [7, 11) is -4.63. The molecule has 0 bridgehead atoms. The van der Waals surface area contributed by atoms with Gasteiger partial charge in [0.25, 0.3) is 0 Å². The number of carbonyl (C=O) groups is 2. The average molecular weight is 288 g/mol. The van der Waals surface area contributed by atoms with Gasteiger partial charge in [0.1, 0.15) is 0 Å². The van der Waals surface area contributed by atoms with Crippen molar-refractivity contribution >= 4 is 25.4 Å². The highest BCUT2D eigenvalue weighted by molar-refractivity contribution is 7.50. The van der Waals surface area contributed by atoms with E-state index in [0.29, 0.717) is 5.56 Å². The fourth-order valence-electron chi connectivity index (χ4n) is 1.20. The molecule has 1 rings (SSSR count). The van der Waals surface area contributed by atoms with Crippen molar-refractivity contribution in [2.75, 3.05) is 11.9 Å². The van der Waals surface area contributed by atoms with Crippen LogP contribution in [0.1, 0.15) is 17.3 Å². The third kappa shape index (κ3) is 5.52. The van der Waals surface area contributed by atoms with Crippen LogP contribution in [0.5, 0.6) is 0 Å². The Labute approximate surface area is 109 Å². The Balaban J connectivity index is 2.65. The van der Waals surface area contributed by atoms with Crippen LogP contribution in [-0.4, -0.2) is 28.4 Å². The van der Waals surface area contributed by atoms with Crippen LogP contribution in [0.3, 0.4) is 0 Å². The van der Waals surface area contributed by atoms with Crippen molar-refractivity contribution in [1.82, 2.24) is 5.09 Å². The maximum atomic E-state index is 11.3. The molecule has 0 aromatic heterocycles. The summed E-state index contributed by atoms with van der Waals surface area (Å²) in [5, 5.41) is 3.65. The van der Waals surface area contributed by atoms with Crippen molar-refractivity contribution in [2.45, 2.75) is 6.92 Å². The summed E-state index contributed by atoms with van der Waals surface area (Å²) in [6.07, 6.45) is 0. The van der Waals surface area contributed by atoms with Crippen LogP contribution in [-0.2, 0) is 9.30 Å². The van der Waals surface area contributed by atoms with Crippen LogP contribution in [0.25, 0.3) is 0 Å². The number of carbonyl (C=O) groups excluding carboxylic acids is 2. The van der Waals surface area contributed by atoms with E-state index in [4.69, 9.17) is 14.5 Å². The number of ether oxygens (including phenoxy) is 1. The predicted octanol–water partition coefficient (Wildman–Crippen LogP) is 1.08. The van der Waals surface area contributed by atoms with E-state index in [1.54, 1.807) is 6.92 Å². The Morgan fingerprint density at radius 3 is 2.32 bits per heavy atom. The fraction of sp³-hybridized carbons (Fsp3) is 0.200. The van der Waals surface area contributed by atoms with Crippen LogP contribution < -0.4 is 10.4 Å². The van der Waals surface area contributed by atoms with Crippen LogP contribution in [0.15, 0.2) is 24.3 Å². The van der Waals surface area contributed by atoms with Crippen molar-refractivity contribution in [2.24, 2.45) is 0 Å². The van der Waals surface area contributed by atoms with Gasteiger partial charge < -0.3 is 19.8 Å². The Morgan fingerprint density at radius 1 is 1.26 bits per heavy atom. The van der Waals surface area contributed by atoms with Crippen molar-refractivity contribution in [3.8, 4) is 0 Å². The Hall–Kier alpha value is -1.89. The summed E-state index contributed by atoms with van der Waals surface area (Å²) >= 11 is 0. The molecule has 2 amide bonds. The zero-order valence-corrected chi connectivity index (χ0v) is 10.9. The van der Waals surface area contributed by atoms with Crippen molar-refractivity contribution in [3.05, 3.63) is 29.8 Å². The third-order valence-electron chi connectivity index (χ3n) is 1.90. The number of anilines is 1. The zero-order chi connectivity index (χ0) is 14.5. The summed E-state index contributed by atoms with van der Waals surface area (Å²) in [5.41, 5.74) is 0.585. The maximum Gasteiger partial charge on any atom is 0.431 e. The predicted molar refractivity (Wildman–Crippen MR) is 66.6 cm³/mol. The molecule has 0 aliphatic heterocycles. The first-order valence-corrected chi connectivity index (χ1v) is 6.85. The summed E-state index contributed by atoms with van der Waals surface area (Å²) < 4.78 is 15.3. The second kappa shape index (κ2) is 6.33. The highest BCUT2D eigenvalue weighted by Gasteiger charge is 2.16. The van der Waals surface area contributed by atoms with Crippen LogP contribution in [0.4, 0.5) is 10.5 Å². The van der Waals surface area contributed by atoms with E-state index in [-0.39, 0.29) is 12.3 Å². The van der Waals surface area contributed by atoms with Crippen molar-refractivity contribution in [1.29, 1.82) is 0 Å². The molecular formula is C10H13N2O6P. The van der Waals surface area contributed by atoms with Gasteiger partial charge in [-0.3, -0.25) is 0 Å². The smallest absolute Gasteiger partial charge is 0.431 e. The monoisotopic (exact) mass is 288 g/mol. The normalized spacial score (nSPS) is 10.7. The van der Waals surface area contributed by atoms with Crippen LogP contribution in [0, 0.1) is 0 Å². The van der Waals surface area contributed by atoms with E-state index < -0.39 is 19.7 Å². The SMILES string of the molecule is CCOC(=O)c1ccc(NC(=O)NP(=O)(O)O)cc1. The lowest BCUT2D eigenvalue weighted by atomic mass is 10.2. The van der Waals surface area contributed by atoms with E-state index in [1.165, 1.54) is 29.4 Å². The Bertz CT molecular complexity index is 509. The molecule has 0 aliphatic carbocycles. The lowest BCUT2D eigenvalue weighted by Crippen LogP contribution is -2.25. The Kier molecular flexibility index (Phi) is 5.05. The van der Waals surface area contributed by atoms with Gasteiger partial charge >= 0.3 is 19.7 Å². The van der Waals surface area contributed by atoms with Gasteiger partial charge in [0, 0.05) is 5.69 Å². The van der Waals surface area contributed by atoms with Gasteiger partial charge in [0.05, 0.1) is 12.2 Å². The standard InChI is InChI=1S/C10H13N2O6P/c1-2-18-9(13)7-3-5-8(6-4-7)11-10(14)12-19(15,16)17/h3-6H,2H2,1H3,(H4,11,12,14,15,16,17). The van der Waals surface area contributed by atoms with Gasteiger partial charge in [-0.2, -0.15) is 0 Å². The van der Waals surface area contributed by atoms with E-state index in [0.717, 1.165) is 0 Å². The number of nitrogens with one attached hydrogen (secondary N) is 2. The van der Waals surface area contributed by atoms with Crippen LogP contribution >= 0.6 is 7.75 Å². The topological polar surface area (TPSA) is 125 Å². The fourth-order valence-corrected chi connectivity index (χ4v) is 1.52. The van der Waals surface area contributed by atoms with Gasteiger partial charge in [-0.05, 0) is 31.2 Å². The molecule has 0 heterocycles. The first-order chi connectivity index (χ1) is 8.81. The molecule has 104 valence electrons. The van der Waals surface area contributed by atoms with Gasteiger partial charge in [-0.25, -0.2) is 19.2 Å². The molecule has 1 aromatic carbocycles. The molecule has 0 radical (unpaired) electrons. The molecule has 0 atom stereocenters. The summed E-state index contributed by atoms with van der Waals surface area (Å²) in [6, 6.07) is 4.62. The van der Waals surface area contributed by atoms with Gasteiger partial charge in [0.15, 0.2) is 0 Å². The van der Waals surface area contributed by atoms with E-state index in [2.05, 4.69) is 5.32 Å². The molecule has 0 saturated heterocycles. The second-order valence-electron chi connectivity index (χ2n) is 3.41. The first kappa shape index (κ1) is 15.2. The summed E-state index contributed by atoms with van der Waals surface area (Å²) in [6.45, 7) is 1.93. The second-order valence-corrected chi connectivity index (χ2v) is 4.72. The molecule has 0 aliphatic rings. The molecular weight excluding hydrogens is 275 g/mol. The number of urea groups is 1. The number of amides is 2. The number of hydrogen-bond acceptors (Lipinski definition) is 4. The van der Waals surface area contributed by atoms with Gasteiger partial charge in [0.2, 0.25) is 0 Å². The number of rotatable bonds is 4. The molecule has 0 spiro atoms. The maximum absolute atomic E-state index is 11.3. The molecule has 1 aromatic rings. The Morgan fingerprint density at radius 2 is 1.84 bits per heavy atom. The first-order valence-electron chi connectivity index (χ1n) is 5.24. The quantitative estimate of drug-likeness (QED) is 0.485. The van der Waals surface area contributed by atoms with Gasteiger partial charge in [-0.15, -0.1) is 0 Å². The minimum absolute atomic E-state index is 0.253. The summed E-state index contributed by atoms with van der Waals surface area (Å²) in [5.74, 6) is -0.492. The number of hydrogen-bond donors (Lipinski definition) is 4. The van der Waals surface area contributed by atoms with Gasteiger partial charge in [-0.1, -0.05) is 0 Å². The summed E-state index contributed by atoms with van der Waals surface area (Å²) in [4.78, 5) is 39.5. The minimum atomic E-state index is -4.63. The molecule has 0 unspecified atom stereocenters. The lowest BCUT2D eigenvalue weighted by Gasteiger charge is -2.08. The highest BCUT2D eigenvalue weighted by atomic mass is 31.2.